The highest BCUT2D eigenvalue weighted by atomic mass is 15.0. The number of aryl methyl sites for hydroxylation is 1. The third-order valence-electron chi connectivity index (χ3n) is 1.84. The first-order valence-electron chi connectivity index (χ1n) is 4.45. The second-order valence-electron chi connectivity index (χ2n) is 2.83. The van der Waals surface area contributed by atoms with Crippen LogP contribution in [0.1, 0.15) is 13.3 Å². The molecule has 0 saturated heterocycles. The maximum atomic E-state index is 8.75. The maximum Gasteiger partial charge on any atom is 0.0969 e. The maximum absolute atomic E-state index is 8.75. The van der Waals surface area contributed by atoms with E-state index in [1.165, 1.54) is 0 Å². The number of imidazole rings is 1. The van der Waals surface area contributed by atoms with Crippen molar-refractivity contribution in [1.29, 1.82) is 5.26 Å². The van der Waals surface area contributed by atoms with Gasteiger partial charge in [0.05, 0.1) is 18.4 Å². The zero-order chi connectivity index (χ0) is 9.52. The first-order valence-corrected chi connectivity index (χ1v) is 4.45. The molecule has 0 aliphatic rings. The SMILES string of the molecule is CCNC(C#N)CCn1ccnc1. The number of hydrogen-bond donors (Lipinski definition) is 1. The molecule has 0 aromatic carbocycles. The van der Waals surface area contributed by atoms with Gasteiger partial charge in [0.25, 0.3) is 0 Å². The van der Waals surface area contributed by atoms with E-state index in [-0.39, 0.29) is 6.04 Å². The first kappa shape index (κ1) is 9.75. The first-order chi connectivity index (χ1) is 6.36. The summed E-state index contributed by atoms with van der Waals surface area (Å²) in [5.41, 5.74) is 0. The van der Waals surface area contributed by atoms with Gasteiger partial charge in [-0.2, -0.15) is 5.26 Å². The minimum absolute atomic E-state index is 0.0487. The Labute approximate surface area is 78.2 Å². The van der Waals surface area contributed by atoms with E-state index in [0.29, 0.717) is 0 Å². The Kier molecular flexibility index (Phi) is 4.00. The molecule has 0 saturated carbocycles. The van der Waals surface area contributed by atoms with Gasteiger partial charge in [0, 0.05) is 18.9 Å². The highest BCUT2D eigenvalue weighted by molar-refractivity contribution is 4.89. The Hall–Kier alpha value is -1.34. The highest BCUT2D eigenvalue weighted by Gasteiger charge is 2.04. The van der Waals surface area contributed by atoms with Gasteiger partial charge >= 0.3 is 0 Å². The van der Waals surface area contributed by atoms with E-state index in [1.54, 1.807) is 12.5 Å². The summed E-state index contributed by atoms with van der Waals surface area (Å²) in [7, 11) is 0. The third-order valence-corrected chi connectivity index (χ3v) is 1.84. The molecule has 1 aromatic heterocycles. The van der Waals surface area contributed by atoms with Crippen LogP contribution in [-0.4, -0.2) is 22.1 Å². The van der Waals surface area contributed by atoms with Crippen LogP contribution in [0.3, 0.4) is 0 Å². The van der Waals surface area contributed by atoms with Crippen LogP contribution in [0.25, 0.3) is 0 Å². The van der Waals surface area contributed by atoms with Gasteiger partial charge in [-0.15, -0.1) is 0 Å². The standard InChI is InChI=1S/C9H14N4/c1-2-12-9(7-10)3-5-13-6-4-11-8-13/h4,6,8-9,12H,2-3,5H2,1H3. The van der Waals surface area contributed by atoms with Gasteiger partial charge in [-0.1, -0.05) is 6.92 Å². The predicted molar refractivity (Wildman–Crippen MR) is 49.9 cm³/mol. The van der Waals surface area contributed by atoms with Crippen molar-refractivity contribution in [2.45, 2.75) is 25.9 Å². The van der Waals surface area contributed by atoms with Crippen molar-refractivity contribution in [1.82, 2.24) is 14.9 Å². The zero-order valence-corrected chi connectivity index (χ0v) is 7.77. The number of aromatic nitrogens is 2. The molecular weight excluding hydrogens is 164 g/mol. The smallest absolute Gasteiger partial charge is 0.0969 e. The summed E-state index contributed by atoms with van der Waals surface area (Å²) in [6, 6.07) is 2.17. The van der Waals surface area contributed by atoms with E-state index in [2.05, 4.69) is 16.4 Å². The molecule has 0 amide bonds. The van der Waals surface area contributed by atoms with E-state index in [1.807, 2.05) is 17.7 Å². The van der Waals surface area contributed by atoms with E-state index < -0.39 is 0 Å². The molecule has 1 atom stereocenters. The molecule has 4 heteroatoms. The molecule has 0 spiro atoms. The lowest BCUT2D eigenvalue weighted by Crippen LogP contribution is -2.28. The van der Waals surface area contributed by atoms with Crippen molar-refractivity contribution >= 4 is 0 Å². The molecule has 4 nitrogen and oxygen atoms in total. The predicted octanol–water partition coefficient (Wildman–Crippen LogP) is 0.775. The fraction of sp³-hybridized carbons (Fsp3) is 0.556. The summed E-state index contributed by atoms with van der Waals surface area (Å²) in [5, 5.41) is 11.8. The fourth-order valence-electron chi connectivity index (χ4n) is 1.16. The lowest BCUT2D eigenvalue weighted by atomic mass is 10.2. The summed E-state index contributed by atoms with van der Waals surface area (Å²) in [6.45, 7) is 3.68. The monoisotopic (exact) mass is 178 g/mol. The van der Waals surface area contributed by atoms with Crippen LogP contribution in [0.4, 0.5) is 0 Å². The molecule has 1 N–H and O–H groups in total. The average molecular weight is 178 g/mol. The van der Waals surface area contributed by atoms with E-state index >= 15 is 0 Å². The fourth-order valence-corrected chi connectivity index (χ4v) is 1.16. The minimum Gasteiger partial charge on any atom is -0.337 e. The van der Waals surface area contributed by atoms with Crippen LogP contribution in [-0.2, 0) is 6.54 Å². The van der Waals surface area contributed by atoms with E-state index in [4.69, 9.17) is 5.26 Å². The molecule has 13 heavy (non-hydrogen) atoms. The normalized spacial score (nSPS) is 12.3. The van der Waals surface area contributed by atoms with Gasteiger partial charge in [0.15, 0.2) is 0 Å². The molecule has 1 heterocycles. The van der Waals surface area contributed by atoms with Crippen molar-refractivity contribution in [3.8, 4) is 6.07 Å². The average Bonchev–Trinajstić information content (AvgIpc) is 2.64. The molecule has 1 unspecified atom stereocenters. The van der Waals surface area contributed by atoms with Gasteiger partial charge in [0.2, 0.25) is 0 Å². The van der Waals surface area contributed by atoms with Crippen molar-refractivity contribution in [2.24, 2.45) is 0 Å². The number of nitrogens with zero attached hydrogens (tertiary/aromatic N) is 3. The summed E-state index contributed by atoms with van der Waals surface area (Å²) in [5.74, 6) is 0. The minimum atomic E-state index is -0.0487. The molecule has 0 bridgehead atoms. The van der Waals surface area contributed by atoms with Gasteiger partial charge in [-0.05, 0) is 13.0 Å². The number of rotatable bonds is 5. The van der Waals surface area contributed by atoms with Gasteiger partial charge < -0.3 is 9.88 Å². The van der Waals surface area contributed by atoms with Crippen LogP contribution >= 0.6 is 0 Å². The molecule has 0 radical (unpaired) electrons. The Morgan fingerprint density at radius 1 is 1.69 bits per heavy atom. The van der Waals surface area contributed by atoms with Crippen molar-refractivity contribution < 1.29 is 0 Å². The van der Waals surface area contributed by atoms with Crippen molar-refractivity contribution in [3.63, 3.8) is 0 Å². The van der Waals surface area contributed by atoms with Crippen LogP contribution in [0.15, 0.2) is 18.7 Å². The van der Waals surface area contributed by atoms with Crippen molar-refractivity contribution in [3.05, 3.63) is 18.7 Å². The topological polar surface area (TPSA) is 53.6 Å². The summed E-state index contributed by atoms with van der Waals surface area (Å²) in [4.78, 5) is 3.93. The quantitative estimate of drug-likeness (QED) is 0.724. The van der Waals surface area contributed by atoms with Crippen LogP contribution in [0.5, 0.6) is 0 Å². The molecule has 1 rings (SSSR count). The Morgan fingerprint density at radius 3 is 3.08 bits per heavy atom. The van der Waals surface area contributed by atoms with Crippen molar-refractivity contribution in [2.75, 3.05) is 6.54 Å². The lowest BCUT2D eigenvalue weighted by molar-refractivity contribution is 0.528. The third kappa shape index (κ3) is 3.26. The zero-order valence-electron chi connectivity index (χ0n) is 7.77. The molecule has 1 aromatic rings. The van der Waals surface area contributed by atoms with Crippen LogP contribution in [0, 0.1) is 11.3 Å². The second kappa shape index (κ2) is 5.33. The van der Waals surface area contributed by atoms with Gasteiger partial charge in [-0.3, -0.25) is 0 Å². The van der Waals surface area contributed by atoms with Crippen LogP contribution in [0.2, 0.25) is 0 Å². The summed E-state index contributed by atoms with van der Waals surface area (Å²) >= 11 is 0. The number of nitriles is 1. The Bertz CT molecular complexity index is 260. The Balaban J connectivity index is 2.29. The number of nitrogens with one attached hydrogen (secondary N) is 1. The molecule has 0 aliphatic carbocycles. The van der Waals surface area contributed by atoms with Gasteiger partial charge in [0.1, 0.15) is 0 Å². The molecule has 0 fully saturated rings. The summed E-state index contributed by atoms with van der Waals surface area (Å²) in [6.07, 6.45) is 6.23. The molecule has 0 aliphatic heterocycles. The second-order valence-corrected chi connectivity index (χ2v) is 2.83. The molecular formula is C9H14N4. The Morgan fingerprint density at radius 2 is 2.54 bits per heavy atom. The van der Waals surface area contributed by atoms with Gasteiger partial charge in [-0.25, -0.2) is 4.98 Å². The van der Waals surface area contributed by atoms with Crippen LogP contribution < -0.4 is 5.32 Å². The highest BCUT2D eigenvalue weighted by Crippen LogP contribution is 1.95. The summed E-state index contributed by atoms with van der Waals surface area (Å²) < 4.78 is 1.97. The number of hydrogen-bond acceptors (Lipinski definition) is 3. The van der Waals surface area contributed by atoms with E-state index in [9.17, 15) is 0 Å². The largest absolute Gasteiger partial charge is 0.337 e. The lowest BCUT2D eigenvalue weighted by Gasteiger charge is -2.09. The van der Waals surface area contributed by atoms with E-state index in [0.717, 1.165) is 19.5 Å². The molecule has 70 valence electrons.